The van der Waals surface area contributed by atoms with Crippen LogP contribution in [-0.2, 0) is 0 Å². The molecule has 1 rings (SSSR count). The van der Waals surface area contributed by atoms with Crippen LogP contribution in [0.3, 0.4) is 0 Å². The summed E-state index contributed by atoms with van der Waals surface area (Å²) in [4.78, 5) is 4.99. The molecule has 0 saturated heterocycles. The lowest BCUT2D eigenvalue weighted by molar-refractivity contribution is 1.32. The van der Waals surface area contributed by atoms with Crippen LogP contribution in [0.5, 0.6) is 0 Å². The number of hydrogen-bond donors (Lipinski definition) is 1. The molecule has 1 nitrogen and oxygen atoms in total. The minimum atomic E-state index is 0.996. The smallest absolute Gasteiger partial charge is 0.0340 e. The molecule has 0 aromatic carbocycles. The summed E-state index contributed by atoms with van der Waals surface area (Å²) in [6, 6.07) is 3.92. The van der Waals surface area contributed by atoms with Gasteiger partial charge in [0.1, 0.15) is 0 Å². The van der Waals surface area contributed by atoms with E-state index in [-0.39, 0.29) is 0 Å². The SMILES string of the molecule is C/C(S)=C/C=C/c1cccnc1. The third-order valence-electron chi connectivity index (χ3n) is 1.31. The number of hydrogen-bond acceptors (Lipinski definition) is 2. The highest BCUT2D eigenvalue weighted by molar-refractivity contribution is 7.84. The van der Waals surface area contributed by atoms with Crippen LogP contribution in [0, 0.1) is 0 Å². The minimum Gasteiger partial charge on any atom is -0.264 e. The van der Waals surface area contributed by atoms with Crippen molar-refractivity contribution in [1.82, 2.24) is 4.98 Å². The molecule has 0 fully saturated rings. The van der Waals surface area contributed by atoms with Crippen molar-refractivity contribution >= 4 is 18.7 Å². The van der Waals surface area contributed by atoms with E-state index in [2.05, 4.69) is 17.6 Å². The van der Waals surface area contributed by atoms with Crippen LogP contribution in [0.4, 0.5) is 0 Å². The van der Waals surface area contributed by atoms with Gasteiger partial charge >= 0.3 is 0 Å². The fraction of sp³-hybridized carbons (Fsp3) is 0.100. The third-order valence-corrected chi connectivity index (χ3v) is 1.46. The van der Waals surface area contributed by atoms with Gasteiger partial charge in [0.05, 0.1) is 0 Å². The Morgan fingerprint density at radius 1 is 1.58 bits per heavy atom. The zero-order chi connectivity index (χ0) is 8.81. The molecule has 0 aliphatic carbocycles. The first-order valence-corrected chi connectivity index (χ1v) is 4.18. The van der Waals surface area contributed by atoms with Gasteiger partial charge in [0.2, 0.25) is 0 Å². The van der Waals surface area contributed by atoms with Gasteiger partial charge in [0, 0.05) is 12.4 Å². The Kier molecular flexibility index (Phi) is 3.61. The standard InChI is InChI=1S/C10H11NS/c1-9(12)4-2-5-10-6-3-7-11-8-10/h2-8,12H,1H3/b5-2+,9-4-. The fourth-order valence-corrected chi connectivity index (χ4v) is 0.859. The van der Waals surface area contributed by atoms with Crippen LogP contribution in [-0.4, -0.2) is 4.98 Å². The number of nitrogens with zero attached hydrogens (tertiary/aromatic N) is 1. The molecule has 0 unspecified atom stereocenters. The van der Waals surface area contributed by atoms with E-state index in [9.17, 15) is 0 Å². The predicted molar refractivity (Wildman–Crippen MR) is 56.0 cm³/mol. The highest BCUT2D eigenvalue weighted by atomic mass is 32.1. The molecule has 0 saturated carbocycles. The highest BCUT2D eigenvalue weighted by Gasteiger charge is 1.80. The molecule has 0 aliphatic heterocycles. The van der Waals surface area contributed by atoms with Crippen molar-refractivity contribution < 1.29 is 0 Å². The average Bonchev–Trinajstić information content (AvgIpc) is 2.05. The maximum atomic E-state index is 4.14. The van der Waals surface area contributed by atoms with Crippen LogP contribution in [0.2, 0.25) is 0 Å². The summed E-state index contributed by atoms with van der Waals surface area (Å²) in [7, 11) is 0. The van der Waals surface area contributed by atoms with Crippen molar-refractivity contribution in [2.75, 3.05) is 0 Å². The lowest BCUT2D eigenvalue weighted by Crippen LogP contribution is -1.71. The second kappa shape index (κ2) is 4.78. The molecule has 1 aromatic heterocycles. The highest BCUT2D eigenvalue weighted by Crippen LogP contribution is 2.01. The first-order valence-electron chi connectivity index (χ1n) is 3.73. The van der Waals surface area contributed by atoms with Gasteiger partial charge < -0.3 is 0 Å². The molecule has 12 heavy (non-hydrogen) atoms. The lowest BCUT2D eigenvalue weighted by atomic mass is 10.2. The van der Waals surface area contributed by atoms with Gasteiger partial charge in [0.15, 0.2) is 0 Å². The molecule has 0 bridgehead atoms. The van der Waals surface area contributed by atoms with Crippen molar-refractivity contribution in [2.45, 2.75) is 6.92 Å². The zero-order valence-electron chi connectivity index (χ0n) is 6.94. The second-order valence-corrected chi connectivity index (χ2v) is 3.16. The molecule has 0 N–H and O–H groups in total. The van der Waals surface area contributed by atoms with E-state index in [1.807, 2.05) is 43.5 Å². The molecule has 0 amide bonds. The molecular weight excluding hydrogens is 166 g/mol. The quantitative estimate of drug-likeness (QED) is 0.541. The summed E-state index contributed by atoms with van der Waals surface area (Å²) in [6.07, 6.45) is 9.47. The lowest BCUT2D eigenvalue weighted by Gasteiger charge is -1.88. The average molecular weight is 177 g/mol. The molecule has 0 spiro atoms. The van der Waals surface area contributed by atoms with Crippen molar-refractivity contribution in [1.29, 1.82) is 0 Å². The summed E-state index contributed by atoms with van der Waals surface area (Å²) in [5.41, 5.74) is 1.10. The van der Waals surface area contributed by atoms with E-state index in [1.165, 1.54) is 0 Å². The Hall–Kier alpha value is -1.02. The van der Waals surface area contributed by atoms with Crippen molar-refractivity contribution in [3.8, 4) is 0 Å². The van der Waals surface area contributed by atoms with Gasteiger partial charge in [-0.2, -0.15) is 0 Å². The maximum absolute atomic E-state index is 4.14. The Morgan fingerprint density at radius 2 is 2.42 bits per heavy atom. The molecule has 0 radical (unpaired) electrons. The number of pyridine rings is 1. The van der Waals surface area contributed by atoms with Crippen LogP contribution in [0.25, 0.3) is 6.08 Å². The topological polar surface area (TPSA) is 12.9 Å². The monoisotopic (exact) mass is 177 g/mol. The van der Waals surface area contributed by atoms with Gasteiger partial charge in [-0.05, 0) is 23.5 Å². The van der Waals surface area contributed by atoms with Crippen molar-refractivity contribution in [3.63, 3.8) is 0 Å². The van der Waals surface area contributed by atoms with E-state index in [0.717, 1.165) is 10.5 Å². The Bertz CT molecular complexity index is 284. The van der Waals surface area contributed by atoms with Gasteiger partial charge in [-0.3, -0.25) is 4.98 Å². The fourth-order valence-electron chi connectivity index (χ4n) is 0.773. The van der Waals surface area contributed by atoms with Crippen molar-refractivity contribution in [3.05, 3.63) is 47.1 Å². The van der Waals surface area contributed by atoms with E-state index in [1.54, 1.807) is 6.20 Å². The molecule has 2 heteroatoms. The van der Waals surface area contributed by atoms with Gasteiger partial charge in [0.25, 0.3) is 0 Å². The third kappa shape index (κ3) is 3.39. The normalized spacial score (nSPS) is 12.3. The molecule has 62 valence electrons. The number of aromatic nitrogens is 1. The summed E-state index contributed by atoms with van der Waals surface area (Å²) in [5, 5.41) is 0. The zero-order valence-corrected chi connectivity index (χ0v) is 7.83. The maximum Gasteiger partial charge on any atom is 0.0340 e. The molecule has 0 atom stereocenters. The van der Waals surface area contributed by atoms with Gasteiger partial charge in [-0.1, -0.05) is 24.3 Å². The van der Waals surface area contributed by atoms with Crippen molar-refractivity contribution in [2.24, 2.45) is 0 Å². The molecular formula is C10H11NS. The van der Waals surface area contributed by atoms with E-state index in [0.29, 0.717) is 0 Å². The Labute approximate surface area is 78.3 Å². The van der Waals surface area contributed by atoms with Crippen LogP contribution < -0.4 is 0 Å². The van der Waals surface area contributed by atoms with Gasteiger partial charge in [-0.25, -0.2) is 0 Å². The van der Waals surface area contributed by atoms with Crippen LogP contribution >= 0.6 is 12.6 Å². The molecule has 1 aromatic rings. The first kappa shape index (κ1) is 9.07. The molecule has 0 aliphatic rings. The number of thiol groups is 1. The summed E-state index contributed by atoms with van der Waals surface area (Å²) in [5.74, 6) is 0. The van der Waals surface area contributed by atoms with Crippen LogP contribution in [0.15, 0.2) is 41.6 Å². The van der Waals surface area contributed by atoms with E-state index < -0.39 is 0 Å². The molecule has 1 heterocycles. The largest absolute Gasteiger partial charge is 0.264 e. The van der Waals surface area contributed by atoms with E-state index >= 15 is 0 Å². The second-order valence-electron chi connectivity index (χ2n) is 2.45. The number of allylic oxidation sites excluding steroid dienone is 3. The van der Waals surface area contributed by atoms with Gasteiger partial charge in [-0.15, -0.1) is 12.6 Å². The first-order chi connectivity index (χ1) is 5.79. The Balaban J connectivity index is 2.64. The number of rotatable bonds is 2. The van der Waals surface area contributed by atoms with Crippen LogP contribution in [0.1, 0.15) is 12.5 Å². The minimum absolute atomic E-state index is 0.996. The summed E-state index contributed by atoms with van der Waals surface area (Å²) in [6.45, 7) is 1.94. The summed E-state index contributed by atoms with van der Waals surface area (Å²) >= 11 is 4.14. The summed E-state index contributed by atoms with van der Waals surface area (Å²) < 4.78 is 0. The predicted octanol–water partition coefficient (Wildman–Crippen LogP) is 2.93. The Morgan fingerprint density at radius 3 is 3.00 bits per heavy atom. The van der Waals surface area contributed by atoms with E-state index in [4.69, 9.17) is 0 Å².